The molecule has 330 valence electrons. The molecule has 0 amide bonds. The summed E-state index contributed by atoms with van der Waals surface area (Å²) < 4.78 is 4.50. The SMILES string of the molecule is N#Cc1cccc(-c2ccc3c(c2)c2cc(-c4cccc(C#N)c4)ccc2n3-c2ccncc2-c2cc(C#N)ccc2-n2c3ccc(-c4cccc(C#N)c4)cc3c3cc(-c4cccc(C#N)c4)ccc32)c1. The number of hydrogen-bond donors (Lipinski definition) is 0. The molecule has 0 unspecified atom stereocenters. The van der Waals surface area contributed by atoms with Gasteiger partial charge in [-0.3, -0.25) is 4.98 Å². The summed E-state index contributed by atoms with van der Waals surface area (Å²) >= 11 is 0. The fourth-order valence-corrected chi connectivity index (χ4v) is 10.2. The van der Waals surface area contributed by atoms with Gasteiger partial charge in [0.1, 0.15) is 0 Å². The Labute approximate surface area is 413 Å². The van der Waals surface area contributed by atoms with E-state index in [-0.39, 0.29) is 0 Å². The second-order valence-electron chi connectivity index (χ2n) is 17.6. The van der Waals surface area contributed by atoms with Crippen LogP contribution in [0.2, 0.25) is 0 Å². The van der Waals surface area contributed by atoms with Gasteiger partial charge in [0.05, 0.1) is 91.6 Å². The molecular weight excluding hydrogens is 881 g/mol. The molecule has 0 radical (unpaired) electrons. The third kappa shape index (κ3) is 7.17. The Kier molecular flexibility index (Phi) is 10.3. The predicted octanol–water partition coefficient (Wildman–Crippen LogP) is 15.0. The minimum Gasteiger partial charge on any atom is -0.309 e. The topological polar surface area (TPSA) is 142 Å². The molecule has 8 nitrogen and oxygen atoms in total. The minimum absolute atomic E-state index is 0.486. The fourth-order valence-electron chi connectivity index (χ4n) is 10.2. The van der Waals surface area contributed by atoms with Crippen LogP contribution in [0.1, 0.15) is 27.8 Å². The first-order valence-electron chi connectivity index (χ1n) is 23.1. The number of nitrogens with zero attached hydrogens (tertiary/aromatic N) is 8. The van der Waals surface area contributed by atoms with Crippen LogP contribution in [-0.2, 0) is 0 Å². The number of nitriles is 5. The molecule has 3 aromatic heterocycles. The normalized spacial score (nSPS) is 11.0. The van der Waals surface area contributed by atoms with Crippen LogP contribution in [0.25, 0.3) is 111 Å². The maximum atomic E-state index is 10.5. The number of hydrogen-bond acceptors (Lipinski definition) is 6. The van der Waals surface area contributed by atoms with E-state index in [0.29, 0.717) is 27.8 Å². The van der Waals surface area contributed by atoms with Crippen molar-refractivity contribution in [2.75, 3.05) is 0 Å². The van der Waals surface area contributed by atoms with Crippen LogP contribution in [0, 0.1) is 56.7 Å². The Bertz CT molecular complexity index is 4250. The van der Waals surface area contributed by atoms with E-state index < -0.39 is 0 Å². The molecular formula is C64H34N8. The Morgan fingerprint density at radius 1 is 0.292 bits per heavy atom. The minimum atomic E-state index is 0.486. The molecule has 12 aromatic rings. The van der Waals surface area contributed by atoms with Gasteiger partial charge in [-0.05, 0) is 166 Å². The lowest BCUT2D eigenvalue weighted by Gasteiger charge is -2.18. The summed E-state index contributed by atoms with van der Waals surface area (Å²) in [6.07, 6.45) is 3.66. The molecule has 12 rings (SSSR count). The van der Waals surface area contributed by atoms with E-state index in [1.165, 1.54) is 0 Å². The highest BCUT2D eigenvalue weighted by molar-refractivity contribution is 6.14. The number of pyridine rings is 1. The monoisotopic (exact) mass is 914 g/mol. The van der Waals surface area contributed by atoms with E-state index in [0.717, 1.165) is 111 Å². The lowest BCUT2D eigenvalue weighted by atomic mass is 9.99. The Morgan fingerprint density at radius 3 is 0.958 bits per heavy atom. The summed E-state index contributed by atoms with van der Waals surface area (Å²) in [4.78, 5) is 4.75. The largest absolute Gasteiger partial charge is 0.309 e. The first-order chi connectivity index (χ1) is 35.4. The van der Waals surface area contributed by atoms with Crippen molar-refractivity contribution in [2.24, 2.45) is 0 Å². The van der Waals surface area contributed by atoms with Crippen molar-refractivity contribution in [2.45, 2.75) is 0 Å². The van der Waals surface area contributed by atoms with Crippen LogP contribution < -0.4 is 0 Å². The van der Waals surface area contributed by atoms with Crippen molar-refractivity contribution in [1.29, 1.82) is 26.3 Å². The summed E-state index contributed by atoms with van der Waals surface area (Å²) in [6.45, 7) is 0. The van der Waals surface area contributed by atoms with Crippen LogP contribution in [-0.4, -0.2) is 14.1 Å². The summed E-state index contributed by atoms with van der Waals surface area (Å²) in [5, 5.41) is 53.6. The number of rotatable bonds is 7. The van der Waals surface area contributed by atoms with E-state index in [9.17, 15) is 26.3 Å². The van der Waals surface area contributed by atoms with Gasteiger partial charge >= 0.3 is 0 Å². The third-order valence-electron chi connectivity index (χ3n) is 13.5. The highest BCUT2D eigenvalue weighted by atomic mass is 15.0. The van der Waals surface area contributed by atoms with Crippen molar-refractivity contribution in [3.63, 3.8) is 0 Å². The first-order valence-corrected chi connectivity index (χ1v) is 23.1. The Balaban J connectivity index is 1.11. The Hall–Kier alpha value is -10.8. The van der Waals surface area contributed by atoms with E-state index in [4.69, 9.17) is 4.98 Å². The van der Waals surface area contributed by atoms with Gasteiger partial charge in [-0.25, -0.2) is 0 Å². The van der Waals surface area contributed by atoms with Crippen LogP contribution in [0.4, 0.5) is 0 Å². The average Bonchev–Trinajstić information content (AvgIpc) is 3.96. The molecule has 9 aromatic carbocycles. The Morgan fingerprint density at radius 2 is 0.611 bits per heavy atom. The summed E-state index contributed by atoms with van der Waals surface area (Å²) in [6, 6.07) is 75.3. The van der Waals surface area contributed by atoms with Gasteiger partial charge in [0.2, 0.25) is 0 Å². The molecule has 0 spiro atoms. The highest BCUT2D eigenvalue weighted by Crippen LogP contribution is 2.44. The van der Waals surface area contributed by atoms with Crippen molar-refractivity contribution in [3.05, 3.63) is 234 Å². The van der Waals surface area contributed by atoms with E-state index in [1.54, 1.807) is 30.5 Å². The second kappa shape index (κ2) is 17.4. The summed E-state index contributed by atoms with van der Waals surface area (Å²) in [5.41, 5.74) is 17.3. The molecule has 72 heavy (non-hydrogen) atoms. The summed E-state index contributed by atoms with van der Waals surface area (Å²) in [5.74, 6) is 0. The zero-order valence-corrected chi connectivity index (χ0v) is 38.2. The zero-order valence-electron chi connectivity index (χ0n) is 38.2. The predicted molar refractivity (Wildman–Crippen MR) is 284 cm³/mol. The van der Waals surface area contributed by atoms with E-state index in [1.807, 2.05) is 103 Å². The van der Waals surface area contributed by atoms with Gasteiger partial charge in [0.25, 0.3) is 0 Å². The zero-order chi connectivity index (χ0) is 48.9. The lowest BCUT2D eigenvalue weighted by molar-refractivity contribution is 1.14. The quantitative estimate of drug-likeness (QED) is 0.156. The van der Waals surface area contributed by atoms with Crippen molar-refractivity contribution in [1.82, 2.24) is 14.1 Å². The number of aromatic nitrogens is 3. The van der Waals surface area contributed by atoms with Gasteiger partial charge in [0, 0.05) is 45.1 Å². The van der Waals surface area contributed by atoms with Crippen molar-refractivity contribution < 1.29 is 0 Å². The molecule has 0 aliphatic rings. The molecule has 0 saturated heterocycles. The average molecular weight is 915 g/mol. The molecule has 0 aliphatic heterocycles. The van der Waals surface area contributed by atoms with Crippen LogP contribution in [0.15, 0.2) is 207 Å². The maximum Gasteiger partial charge on any atom is 0.0991 e. The molecule has 0 fully saturated rings. The maximum absolute atomic E-state index is 10.5. The van der Waals surface area contributed by atoms with E-state index >= 15 is 0 Å². The number of benzene rings is 9. The molecule has 0 N–H and O–H groups in total. The fraction of sp³-hybridized carbons (Fsp3) is 0. The third-order valence-corrected chi connectivity index (χ3v) is 13.5. The molecule has 0 bridgehead atoms. The van der Waals surface area contributed by atoms with Gasteiger partial charge in [0.15, 0.2) is 0 Å². The molecule has 0 saturated carbocycles. The van der Waals surface area contributed by atoms with Crippen molar-refractivity contribution in [3.8, 4) is 97.4 Å². The lowest BCUT2D eigenvalue weighted by Crippen LogP contribution is -2.02. The molecule has 0 atom stereocenters. The van der Waals surface area contributed by atoms with Gasteiger partial charge in [-0.15, -0.1) is 0 Å². The highest BCUT2D eigenvalue weighted by Gasteiger charge is 2.23. The second-order valence-corrected chi connectivity index (χ2v) is 17.6. The van der Waals surface area contributed by atoms with Gasteiger partial charge < -0.3 is 9.13 Å². The molecule has 0 aliphatic carbocycles. The van der Waals surface area contributed by atoms with Crippen LogP contribution in [0.5, 0.6) is 0 Å². The first kappa shape index (κ1) is 42.5. The van der Waals surface area contributed by atoms with Gasteiger partial charge in [-0.2, -0.15) is 26.3 Å². The standard InChI is InChI=1S/C64H34N8/c65-34-40-5-1-9-45(25-40)49-14-19-60-54(30-49)55-31-50(46-10-2-6-41(26-46)35-66)15-20-61(55)71(60)59-18-13-44(38-69)29-53(59)58-39-70-24-23-64(58)72-62-21-16-51(47-11-3-7-42(27-47)36-67)32-56(62)57-33-52(17-22-63(57)72)48-12-4-8-43(28-48)37-68/h1-33,39H. The summed E-state index contributed by atoms with van der Waals surface area (Å²) in [7, 11) is 0. The number of fused-ring (bicyclic) bond motifs is 6. The van der Waals surface area contributed by atoms with Gasteiger partial charge in [-0.1, -0.05) is 72.8 Å². The molecule has 8 heteroatoms. The molecule has 3 heterocycles. The van der Waals surface area contributed by atoms with E-state index in [2.05, 4.69) is 112 Å². The van der Waals surface area contributed by atoms with Crippen molar-refractivity contribution >= 4 is 43.6 Å². The smallest absolute Gasteiger partial charge is 0.0991 e. The van der Waals surface area contributed by atoms with Crippen LogP contribution in [0.3, 0.4) is 0 Å². The van der Waals surface area contributed by atoms with Crippen LogP contribution >= 0.6 is 0 Å².